The minimum absolute atomic E-state index is 0.105. The second kappa shape index (κ2) is 17.1. The molecule has 0 aromatic carbocycles. The van der Waals surface area contributed by atoms with Crippen molar-refractivity contribution in [3.8, 4) is 0 Å². The molecule has 0 fully saturated rings. The van der Waals surface area contributed by atoms with Crippen molar-refractivity contribution >= 4 is 29.3 Å². The second-order valence-corrected chi connectivity index (χ2v) is 7.14. The van der Waals surface area contributed by atoms with Crippen molar-refractivity contribution < 1.29 is 24.0 Å². The highest BCUT2D eigenvalue weighted by Gasteiger charge is 2.18. The average Bonchev–Trinajstić information content (AvgIpc) is 2.84. The Labute approximate surface area is 196 Å². The quantitative estimate of drug-likeness (QED) is 0.277. The molecular weight excluding hydrogens is 422 g/mol. The number of amides is 3. The fourth-order valence-electron chi connectivity index (χ4n) is 2.96. The minimum Gasteiger partial charge on any atom is -0.337 e. The van der Waals surface area contributed by atoms with Crippen LogP contribution in [0.25, 0.3) is 0 Å². The SMILES string of the molecule is C=CC(=O)CCCN(CCN(CCN(CCCC(=O)C=C)C(=O)C=C)C(=O)C=C)C(=O)C=C. The monoisotopic (exact) mass is 457 g/mol. The first-order chi connectivity index (χ1) is 15.7. The smallest absolute Gasteiger partial charge is 0.246 e. The Morgan fingerprint density at radius 3 is 0.970 bits per heavy atom. The molecule has 0 radical (unpaired) electrons. The van der Waals surface area contributed by atoms with Gasteiger partial charge in [0.25, 0.3) is 0 Å². The Morgan fingerprint density at radius 2 is 0.727 bits per heavy atom. The fraction of sp³-hybridized carbons (Fsp3) is 0.400. The van der Waals surface area contributed by atoms with Crippen molar-refractivity contribution in [2.24, 2.45) is 0 Å². The molecule has 33 heavy (non-hydrogen) atoms. The van der Waals surface area contributed by atoms with E-state index in [1.807, 2.05) is 0 Å². The maximum Gasteiger partial charge on any atom is 0.246 e. The summed E-state index contributed by atoms with van der Waals surface area (Å²) in [7, 11) is 0. The first-order valence-electron chi connectivity index (χ1n) is 10.8. The molecule has 0 aliphatic carbocycles. The molecule has 0 unspecified atom stereocenters. The number of carbonyl (C=O) groups excluding carboxylic acids is 5. The van der Waals surface area contributed by atoms with Crippen molar-refractivity contribution in [1.82, 2.24) is 14.7 Å². The van der Waals surface area contributed by atoms with Gasteiger partial charge in [-0.2, -0.15) is 0 Å². The number of hydrogen-bond donors (Lipinski definition) is 0. The van der Waals surface area contributed by atoms with E-state index in [9.17, 15) is 24.0 Å². The van der Waals surface area contributed by atoms with Crippen LogP contribution in [0.15, 0.2) is 63.3 Å². The van der Waals surface area contributed by atoms with Crippen LogP contribution in [-0.4, -0.2) is 83.3 Å². The topological polar surface area (TPSA) is 95.1 Å². The standard InChI is InChI=1S/C25H35N3O5/c1-6-21(29)13-11-15-26(23(31)8-3)17-19-28(25(33)10-5)20-18-27(24(32)9-4)16-12-14-22(30)7-2/h6-10H,1-5,11-20H2. The first-order valence-corrected chi connectivity index (χ1v) is 10.8. The fourth-order valence-corrected chi connectivity index (χ4v) is 2.96. The molecule has 8 heteroatoms. The maximum atomic E-state index is 12.3. The van der Waals surface area contributed by atoms with Crippen molar-refractivity contribution in [3.63, 3.8) is 0 Å². The summed E-state index contributed by atoms with van der Waals surface area (Å²) in [5, 5.41) is 0. The Bertz CT molecular complexity index is 718. The molecule has 0 saturated carbocycles. The van der Waals surface area contributed by atoms with E-state index in [-0.39, 0.29) is 68.3 Å². The van der Waals surface area contributed by atoms with Crippen molar-refractivity contribution in [1.29, 1.82) is 0 Å². The van der Waals surface area contributed by atoms with E-state index >= 15 is 0 Å². The molecule has 0 heterocycles. The Kier molecular flexibility index (Phi) is 15.2. The number of rotatable bonds is 19. The first kappa shape index (κ1) is 29.5. The van der Waals surface area contributed by atoms with Gasteiger partial charge >= 0.3 is 0 Å². The summed E-state index contributed by atoms with van der Waals surface area (Å²) in [6, 6.07) is 0. The van der Waals surface area contributed by atoms with Gasteiger partial charge in [-0.25, -0.2) is 0 Å². The molecule has 0 aromatic rings. The van der Waals surface area contributed by atoms with Crippen LogP contribution in [0.2, 0.25) is 0 Å². The Balaban J connectivity index is 5.08. The zero-order valence-electron chi connectivity index (χ0n) is 19.4. The maximum absolute atomic E-state index is 12.3. The van der Waals surface area contributed by atoms with Gasteiger partial charge in [0.05, 0.1) is 0 Å². The van der Waals surface area contributed by atoms with E-state index in [0.717, 1.165) is 0 Å². The largest absolute Gasteiger partial charge is 0.337 e. The number of nitrogens with zero attached hydrogens (tertiary/aromatic N) is 3. The molecule has 0 atom stereocenters. The summed E-state index contributed by atoms with van der Waals surface area (Å²) in [6.45, 7) is 18.9. The zero-order chi connectivity index (χ0) is 25.2. The number of carbonyl (C=O) groups is 5. The lowest BCUT2D eigenvalue weighted by Crippen LogP contribution is -2.44. The molecule has 0 spiro atoms. The lowest BCUT2D eigenvalue weighted by Gasteiger charge is -2.29. The Hall–Kier alpha value is -3.55. The van der Waals surface area contributed by atoms with Crippen LogP contribution in [0.3, 0.4) is 0 Å². The highest BCUT2D eigenvalue weighted by molar-refractivity contribution is 5.90. The van der Waals surface area contributed by atoms with Gasteiger partial charge < -0.3 is 14.7 Å². The van der Waals surface area contributed by atoms with Crippen LogP contribution in [0, 0.1) is 0 Å². The second-order valence-electron chi connectivity index (χ2n) is 7.14. The van der Waals surface area contributed by atoms with Crippen molar-refractivity contribution in [2.45, 2.75) is 25.7 Å². The van der Waals surface area contributed by atoms with Gasteiger partial charge in [-0.1, -0.05) is 32.9 Å². The highest BCUT2D eigenvalue weighted by atomic mass is 16.2. The van der Waals surface area contributed by atoms with Gasteiger partial charge in [0.2, 0.25) is 17.7 Å². The third-order valence-electron chi connectivity index (χ3n) is 4.90. The summed E-state index contributed by atoms with van der Waals surface area (Å²) in [4.78, 5) is 64.1. The minimum atomic E-state index is -0.337. The molecule has 0 saturated heterocycles. The summed E-state index contributed by atoms with van der Waals surface area (Å²) < 4.78 is 0. The van der Waals surface area contributed by atoms with Crippen LogP contribution >= 0.6 is 0 Å². The summed E-state index contributed by atoms with van der Waals surface area (Å²) >= 11 is 0. The van der Waals surface area contributed by atoms with Gasteiger partial charge in [0.1, 0.15) is 0 Å². The predicted octanol–water partition coefficient (Wildman–Crippen LogP) is 2.10. The number of allylic oxidation sites excluding steroid dienone is 2. The normalized spacial score (nSPS) is 9.82. The molecule has 0 aliphatic heterocycles. The summed E-state index contributed by atoms with van der Waals surface area (Å²) in [6.07, 6.45) is 7.50. The molecule has 0 rings (SSSR count). The Morgan fingerprint density at radius 1 is 0.455 bits per heavy atom. The third kappa shape index (κ3) is 12.2. The molecule has 3 amide bonds. The summed E-state index contributed by atoms with van der Waals surface area (Å²) in [5.41, 5.74) is 0. The van der Waals surface area contributed by atoms with Gasteiger partial charge in [-0.05, 0) is 43.2 Å². The van der Waals surface area contributed by atoms with E-state index in [1.54, 1.807) is 0 Å². The van der Waals surface area contributed by atoms with E-state index in [2.05, 4.69) is 32.9 Å². The lowest BCUT2D eigenvalue weighted by atomic mass is 10.2. The number of hydrogen-bond acceptors (Lipinski definition) is 5. The molecular formula is C25H35N3O5. The van der Waals surface area contributed by atoms with E-state index in [0.29, 0.717) is 25.9 Å². The van der Waals surface area contributed by atoms with E-state index in [4.69, 9.17) is 0 Å². The van der Waals surface area contributed by atoms with Crippen LogP contribution in [0.5, 0.6) is 0 Å². The van der Waals surface area contributed by atoms with Gasteiger partial charge in [0, 0.05) is 52.1 Å². The molecule has 8 nitrogen and oxygen atoms in total. The van der Waals surface area contributed by atoms with Crippen molar-refractivity contribution in [2.75, 3.05) is 39.3 Å². The molecule has 0 aromatic heterocycles. The van der Waals surface area contributed by atoms with Crippen molar-refractivity contribution in [3.05, 3.63) is 63.3 Å². The van der Waals surface area contributed by atoms with Gasteiger partial charge in [-0.15, -0.1) is 0 Å². The van der Waals surface area contributed by atoms with Crippen LogP contribution < -0.4 is 0 Å². The van der Waals surface area contributed by atoms with Crippen LogP contribution in [0.1, 0.15) is 25.7 Å². The lowest BCUT2D eigenvalue weighted by molar-refractivity contribution is -0.131. The molecule has 0 aliphatic rings. The molecule has 0 N–H and O–H groups in total. The zero-order valence-corrected chi connectivity index (χ0v) is 19.4. The van der Waals surface area contributed by atoms with Gasteiger partial charge in [-0.3, -0.25) is 24.0 Å². The third-order valence-corrected chi connectivity index (χ3v) is 4.90. The number of ketones is 2. The van der Waals surface area contributed by atoms with Crippen LogP contribution in [0.4, 0.5) is 0 Å². The predicted molar refractivity (Wildman–Crippen MR) is 129 cm³/mol. The average molecular weight is 458 g/mol. The molecule has 0 bridgehead atoms. The summed E-state index contributed by atoms with van der Waals surface area (Å²) in [5.74, 6) is -1.15. The van der Waals surface area contributed by atoms with Gasteiger partial charge in [0.15, 0.2) is 11.6 Å². The highest BCUT2D eigenvalue weighted by Crippen LogP contribution is 2.04. The molecule has 180 valence electrons. The van der Waals surface area contributed by atoms with E-state index in [1.165, 1.54) is 45.1 Å². The van der Waals surface area contributed by atoms with Crippen LogP contribution in [-0.2, 0) is 24.0 Å². The van der Waals surface area contributed by atoms with E-state index < -0.39 is 0 Å².